The van der Waals surface area contributed by atoms with Gasteiger partial charge in [-0.05, 0) is 37.5 Å². The summed E-state index contributed by atoms with van der Waals surface area (Å²) in [6, 6.07) is 0. The number of aliphatic hydroxyl groups is 1. The molecule has 17 nitrogen and oxygen atoms in total. The van der Waals surface area contributed by atoms with E-state index in [1.54, 1.807) is 0 Å². The van der Waals surface area contributed by atoms with Gasteiger partial charge in [-0.2, -0.15) is 0 Å². The van der Waals surface area contributed by atoms with Crippen LogP contribution < -0.4 is 0 Å². The number of phosphoric acid groups is 2. The van der Waals surface area contributed by atoms with Crippen molar-refractivity contribution in [2.75, 3.05) is 39.6 Å². The van der Waals surface area contributed by atoms with E-state index in [9.17, 15) is 43.2 Å². The number of carbonyl (C=O) groups excluding carboxylic acids is 4. The Balaban J connectivity index is 5.20. The fraction of sp³-hybridized carbons (Fsp3) is 0.952. The number of ether oxygens (including phenoxy) is 4. The summed E-state index contributed by atoms with van der Waals surface area (Å²) in [5.74, 6) is -0.642. The molecule has 612 valence electrons. The zero-order chi connectivity index (χ0) is 75.6. The van der Waals surface area contributed by atoms with Crippen LogP contribution >= 0.6 is 15.6 Å². The molecule has 0 aromatic heterocycles. The molecule has 0 saturated heterocycles. The minimum absolute atomic E-state index is 0.105. The molecule has 103 heavy (non-hydrogen) atoms. The van der Waals surface area contributed by atoms with E-state index in [0.29, 0.717) is 25.7 Å². The molecule has 0 fully saturated rings. The molecule has 0 aliphatic rings. The number of hydrogen-bond donors (Lipinski definition) is 3. The van der Waals surface area contributed by atoms with E-state index < -0.39 is 97.5 Å². The summed E-state index contributed by atoms with van der Waals surface area (Å²) in [4.78, 5) is 73.1. The maximum Gasteiger partial charge on any atom is 0.472 e. The largest absolute Gasteiger partial charge is 0.472 e. The number of rotatable bonds is 83. The minimum Gasteiger partial charge on any atom is -0.462 e. The van der Waals surface area contributed by atoms with E-state index in [1.807, 2.05) is 0 Å². The standard InChI is InChI=1S/C84H164O17P2/c1-7-10-12-14-16-18-20-22-24-26-28-30-32-34-36-38-40-44-48-56-62-68-83(88)100-79(72-94-81(86)66-60-54-47-43-39-37-35-33-31-29-27-25-23-21-19-17-15-13-11-8-2)74-98-102(90,91)96-70-78(85)71-97-103(92,93)99-75-80(73-95-82(87)67-61-55-51-50-53-59-65-77(6)9-3)101-84(89)69-63-57-49-45-41-42-46-52-58-64-76(4)5/h76-80,85H,7-75H2,1-6H3,(H,90,91)(H,92,93)/t77?,78-,79-,80-/m1/s1. The maximum absolute atomic E-state index is 13.1. The Morgan fingerprint density at radius 2 is 0.495 bits per heavy atom. The normalized spacial score (nSPS) is 14.1. The molecule has 3 unspecified atom stereocenters. The quantitative estimate of drug-likeness (QED) is 0.0222. The van der Waals surface area contributed by atoms with Crippen molar-refractivity contribution in [2.24, 2.45) is 11.8 Å². The van der Waals surface area contributed by atoms with E-state index in [2.05, 4.69) is 41.5 Å². The molecule has 0 amide bonds. The Morgan fingerprint density at radius 3 is 0.738 bits per heavy atom. The lowest BCUT2D eigenvalue weighted by Gasteiger charge is -2.21. The van der Waals surface area contributed by atoms with Crippen molar-refractivity contribution in [3.63, 3.8) is 0 Å². The first-order valence-electron chi connectivity index (χ1n) is 43.5. The van der Waals surface area contributed by atoms with E-state index in [4.69, 9.17) is 37.0 Å². The third-order valence-electron chi connectivity index (χ3n) is 20.1. The highest BCUT2D eigenvalue weighted by Crippen LogP contribution is 2.45. The average Bonchev–Trinajstić information content (AvgIpc) is 0.922. The highest BCUT2D eigenvalue weighted by Gasteiger charge is 2.30. The SMILES string of the molecule is CCCCCCCCCCCCCCCCCCCCCCCC(=O)O[C@H](COC(=O)CCCCCCCCCCCCCCCCCCCCCC)COP(=O)(O)OC[C@@H](O)COP(=O)(O)OC[C@@H](COC(=O)CCCCCCCCC(C)CC)OC(=O)CCCCCCCCCCCC(C)C. The van der Waals surface area contributed by atoms with Crippen molar-refractivity contribution in [3.05, 3.63) is 0 Å². The van der Waals surface area contributed by atoms with Gasteiger partial charge in [0, 0.05) is 25.7 Å². The van der Waals surface area contributed by atoms with Gasteiger partial charge >= 0.3 is 39.5 Å². The van der Waals surface area contributed by atoms with Gasteiger partial charge in [0.2, 0.25) is 0 Å². The van der Waals surface area contributed by atoms with Gasteiger partial charge in [-0.15, -0.1) is 0 Å². The first-order valence-corrected chi connectivity index (χ1v) is 46.5. The summed E-state index contributed by atoms with van der Waals surface area (Å²) in [6.07, 6.45) is 66.9. The molecule has 0 aromatic rings. The van der Waals surface area contributed by atoms with Gasteiger partial charge in [-0.25, -0.2) is 9.13 Å². The van der Waals surface area contributed by atoms with Gasteiger partial charge in [0.15, 0.2) is 12.2 Å². The van der Waals surface area contributed by atoms with Crippen LogP contribution in [0, 0.1) is 11.8 Å². The van der Waals surface area contributed by atoms with E-state index in [-0.39, 0.29) is 25.7 Å². The first-order chi connectivity index (χ1) is 49.9. The zero-order valence-corrected chi connectivity index (χ0v) is 69.4. The van der Waals surface area contributed by atoms with Gasteiger partial charge in [0.25, 0.3) is 0 Å². The number of esters is 4. The summed E-state index contributed by atoms with van der Waals surface area (Å²) in [5, 5.41) is 10.7. The lowest BCUT2D eigenvalue weighted by atomic mass is 10.00. The fourth-order valence-electron chi connectivity index (χ4n) is 13.0. The lowest BCUT2D eigenvalue weighted by molar-refractivity contribution is -0.161. The van der Waals surface area contributed by atoms with Gasteiger partial charge in [-0.1, -0.05) is 395 Å². The predicted molar refractivity (Wildman–Crippen MR) is 423 cm³/mol. The van der Waals surface area contributed by atoms with Crippen LogP contribution in [-0.4, -0.2) is 96.7 Å². The van der Waals surface area contributed by atoms with Crippen LogP contribution in [0.4, 0.5) is 0 Å². The Kier molecular flexibility index (Phi) is 74.1. The van der Waals surface area contributed by atoms with Crippen molar-refractivity contribution < 1.29 is 80.2 Å². The second-order valence-electron chi connectivity index (χ2n) is 30.9. The van der Waals surface area contributed by atoms with E-state index in [0.717, 1.165) is 108 Å². The molecule has 19 heteroatoms. The van der Waals surface area contributed by atoms with Crippen molar-refractivity contribution in [1.29, 1.82) is 0 Å². The molecule has 0 aliphatic carbocycles. The summed E-state index contributed by atoms with van der Waals surface area (Å²) in [5.41, 5.74) is 0. The topological polar surface area (TPSA) is 237 Å². The smallest absolute Gasteiger partial charge is 0.462 e. The van der Waals surface area contributed by atoms with Crippen molar-refractivity contribution in [1.82, 2.24) is 0 Å². The number of phosphoric ester groups is 2. The van der Waals surface area contributed by atoms with Crippen molar-refractivity contribution in [2.45, 2.75) is 464 Å². The van der Waals surface area contributed by atoms with Crippen LogP contribution in [-0.2, 0) is 65.4 Å². The Hall–Kier alpha value is -1.94. The summed E-state index contributed by atoms with van der Waals surface area (Å²) < 4.78 is 68.8. The summed E-state index contributed by atoms with van der Waals surface area (Å²) in [6.45, 7) is 9.58. The molecule has 6 atom stereocenters. The molecular formula is C84H164O17P2. The fourth-order valence-corrected chi connectivity index (χ4v) is 14.6. The number of carbonyl (C=O) groups is 4. The number of unbranched alkanes of at least 4 members (excludes halogenated alkanes) is 52. The molecule has 3 N–H and O–H groups in total. The van der Waals surface area contributed by atoms with Crippen molar-refractivity contribution in [3.8, 4) is 0 Å². The van der Waals surface area contributed by atoms with Gasteiger partial charge in [0.1, 0.15) is 19.3 Å². The molecule has 0 rings (SSSR count). The molecular weight excluding hydrogens is 1340 g/mol. The predicted octanol–water partition coefficient (Wildman–Crippen LogP) is 25.5. The van der Waals surface area contributed by atoms with Crippen LogP contribution in [0.15, 0.2) is 0 Å². The molecule has 0 radical (unpaired) electrons. The van der Waals surface area contributed by atoms with Crippen LogP contribution in [0.5, 0.6) is 0 Å². The second kappa shape index (κ2) is 75.5. The van der Waals surface area contributed by atoms with Crippen LogP contribution in [0.3, 0.4) is 0 Å². The Morgan fingerprint density at radius 1 is 0.282 bits per heavy atom. The zero-order valence-electron chi connectivity index (χ0n) is 67.6. The Bertz CT molecular complexity index is 1980. The molecule has 0 saturated carbocycles. The average molecular weight is 1510 g/mol. The molecule has 0 spiro atoms. The van der Waals surface area contributed by atoms with Gasteiger partial charge < -0.3 is 33.8 Å². The second-order valence-corrected chi connectivity index (χ2v) is 33.8. The third-order valence-corrected chi connectivity index (χ3v) is 22.0. The molecule has 0 bridgehead atoms. The highest BCUT2D eigenvalue weighted by molar-refractivity contribution is 7.47. The number of aliphatic hydroxyl groups excluding tert-OH is 1. The monoisotopic (exact) mass is 1510 g/mol. The third kappa shape index (κ3) is 76.6. The molecule has 0 heterocycles. The maximum atomic E-state index is 13.1. The van der Waals surface area contributed by atoms with Crippen molar-refractivity contribution >= 4 is 39.5 Å². The van der Waals surface area contributed by atoms with Crippen LogP contribution in [0.25, 0.3) is 0 Å². The highest BCUT2D eigenvalue weighted by atomic mass is 31.2. The summed E-state index contributed by atoms with van der Waals surface area (Å²) >= 11 is 0. The van der Waals surface area contributed by atoms with Gasteiger partial charge in [0.05, 0.1) is 26.4 Å². The first kappa shape index (κ1) is 101. The molecule has 0 aliphatic heterocycles. The Labute approximate surface area is 632 Å². The minimum atomic E-state index is -4.96. The number of hydrogen-bond acceptors (Lipinski definition) is 15. The van der Waals surface area contributed by atoms with Gasteiger partial charge in [-0.3, -0.25) is 37.3 Å². The van der Waals surface area contributed by atoms with E-state index in [1.165, 1.54) is 257 Å². The van der Waals surface area contributed by atoms with Crippen LogP contribution in [0.2, 0.25) is 0 Å². The van der Waals surface area contributed by atoms with Crippen LogP contribution in [0.1, 0.15) is 446 Å². The molecule has 0 aromatic carbocycles. The summed E-state index contributed by atoms with van der Waals surface area (Å²) in [7, 11) is -9.92. The van der Waals surface area contributed by atoms with E-state index >= 15 is 0 Å². The lowest BCUT2D eigenvalue weighted by Crippen LogP contribution is -2.30.